The normalized spacial score (nSPS) is 8.14. The number of hydrogen-bond acceptors (Lipinski definition) is 4. The highest BCUT2D eigenvalue weighted by Crippen LogP contribution is 1.93. The second kappa shape index (κ2) is 11.8. The van der Waals surface area contributed by atoms with Crippen molar-refractivity contribution in [3.05, 3.63) is 0 Å². The first kappa shape index (κ1) is 17.7. The minimum atomic E-state index is -0.853. The van der Waals surface area contributed by atoms with Crippen LogP contribution in [0.4, 0.5) is 0 Å². The van der Waals surface area contributed by atoms with Gasteiger partial charge in [0, 0.05) is 13.8 Å². The van der Waals surface area contributed by atoms with Crippen LogP contribution in [0.3, 0.4) is 0 Å². The summed E-state index contributed by atoms with van der Waals surface area (Å²) in [5, 5.41) is 0. The average Bonchev–Trinajstić information content (AvgIpc) is 2.42. The van der Waals surface area contributed by atoms with Gasteiger partial charge in [0.2, 0.25) is 0 Å². The van der Waals surface area contributed by atoms with Gasteiger partial charge in [0.25, 0.3) is 0 Å². The smallest absolute Gasteiger partial charge is 0.303 e. The molecule has 0 bridgehead atoms. The topological polar surface area (TPSA) is 52.6 Å². The summed E-state index contributed by atoms with van der Waals surface area (Å²) in [5.74, 6) is 23.9. The molecule has 1 atom stereocenters. The van der Waals surface area contributed by atoms with Gasteiger partial charge in [0.15, 0.2) is 6.10 Å². The summed E-state index contributed by atoms with van der Waals surface area (Å²) in [6.07, 6.45) is -0.853. The van der Waals surface area contributed by atoms with E-state index >= 15 is 0 Å². The van der Waals surface area contributed by atoms with E-state index in [9.17, 15) is 9.59 Å². The molecule has 0 aromatic rings. The number of hydrogen-bond donors (Lipinski definition) is 0. The van der Waals surface area contributed by atoms with Crippen molar-refractivity contribution in [1.82, 2.24) is 0 Å². The third-order valence-electron chi connectivity index (χ3n) is 1.54. The molecule has 0 saturated carbocycles. The Labute approximate surface area is 124 Å². The summed E-state index contributed by atoms with van der Waals surface area (Å²) in [6.45, 7) is 4.01. The average molecular weight is 280 g/mol. The Balaban J connectivity index is 4.59. The van der Waals surface area contributed by atoms with E-state index in [0.717, 1.165) is 0 Å². The van der Waals surface area contributed by atoms with Gasteiger partial charge in [-0.2, -0.15) is 0 Å². The number of esters is 2. The highest BCUT2D eigenvalue weighted by atomic mass is 16.6. The van der Waals surface area contributed by atoms with Crippen molar-refractivity contribution in [3.8, 4) is 59.2 Å². The lowest BCUT2D eigenvalue weighted by Gasteiger charge is -2.09. The Kier molecular flexibility index (Phi) is 9.98. The van der Waals surface area contributed by atoms with E-state index in [4.69, 9.17) is 9.47 Å². The molecule has 0 fully saturated rings. The Bertz CT molecular complexity index is 689. The van der Waals surface area contributed by atoms with Gasteiger partial charge in [0.1, 0.15) is 6.61 Å². The van der Waals surface area contributed by atoms with Crippen molar-refractivity contribution in [2.24, 2.45) is 0 Å². The molecule has 0 aliphatic carbocycles. The van der Waals surface area contributed by atoms with Gasteiger partial charge in [0.05, 0.1) is 0 Å². The van der Waals surface area contributed by atoms with Gasteiger partial charge in [-0.15, -0.1) is 0 Å². The number of ether oxygens (including phenoxy) is 2. The summed E-state index contributed by atoms with van der Waals surface area (Å²) >= 11 is 0. The first-order chi connectivity index (χ1) is 10.1. The molecule has 0 rings (SSSR count). The second-order valence-corrected chi connectivity index (χ2v) is 3.29. The summed E-state index contributed by atoms with van der Waals surface area (Å²) < 4.78 is 9.55. The second-order valence-electron chi connectivity index (χ2n) is 3.29. The molecule has 0 heterocycles. The highest BCUT2D eigenvalue weighted by Gasteiger charge is 2.09. The van der Waals surface area contributed by atoms with Crippen molar-refractivity contribution in [3.63, 3.8) is 0 Å². The minimum Gasteiger partial charge on any atom is -0.461 e. The lowest BCUT2D eigenvalue weighted by Crippen LogP contribution is -2.21. The predicted molar refractivity (Wildman–Crippen MR) is 76.7 cm³/mol. The maximum Gasteiger partial charge on any atom is 0.303 e. The van der Waals surface area contributed by atoms with Crippen molar-refractivity contribution >= 4 is 11.9 Å². The molecule has 0 spiro atoms. The van der Waals surface area contributed by atoms with Crippen LogP contribution >= 0.6 is 0 Å². The molecule has 4 nitrogen and oxygen atoms in total. The quantitative estimate of drug-likeness (QED) is 0.558. The van der Waals surface area contributed by atoms with Gasteiger partial charge in [-0.3, -0.25) is 9.59 Å². The molecule has 0 amide bonds. The predicted octanol–water partition coefficient (Wildman–Crippen LogP) is 0.518. The first-order valence-electron chi connectivity index (χ1n) is 5.79. The van der Waals surface area contributed by atoms with Gasteiger partial charge in [-0.05, 0) is 60.2 Å². The van der Waals surface area contributed by atoms with E-state index in [-0.39, 0.29) is 6.61 Å². The lowest BCUT2D eigenvalue weighted by molar-refractivity contribution is -0.152. The van der Waals surface area contributed by atoms with Crippen LogP contribution in [0.15, 0.2) is 0 Å². The van der Waals surface area contributed by atoms with E-state index in [1.54, 1.807) is 6.92 Å². The SMILES string of the molecule is CC#CC#CC#CC#CC#C[C@@H](COC(C)=O)OC(C)=O. The molecule has 21 heavy (non-hydrogen) atoms. The Morgan fingerprint density at radius 3 is 1.86 bits per heavy atom. The van der Waals surface area contributed by atoms with Crippen LogP contribution in [-0.4, -0.2) is 24.6 Å². The molecule has 0 aliphatic rings. The number of carbonyl (C=O) groups excluding carboxylic acids is 2. The van der Waals surface area contributed by atoms with Crippen LogP contribution in [-0.2, 0) is 19.1 Å². The molecule has 0 aromatic heterocycles. The zero-order chi connectivity index (χ0) is 15.9. The standard InChI is InChI=1S/C17H12O4/c1-4-5-6-7-8-9-10-11-12-13-17(21-16(3)19)14-20-15(2)18/h17H,14H2,1-3H3/t17-/m0/s1. The maximum atomic E-state index is 10.8. The van der Waals surface area contributed by atoms with Gasteiger partial charge < -0.3 is 9.47 Å². The lowest BCUT2D eigenvalue weighted by atomic mass is 10.3. The van der Waals surface area contributed by atoms with Gasteiger partial charge in [-0.25, -0.2) is 0 Å². The molecule has 0 aromatic carbocycles. The third kappa shape index (κ3) is 13.0. The van der Waals surface area contributed by atoms with Crippen molar-refractivity contribution < 1.29 is 19.1 Å². The third-order valence-corrected chi connectivity index (χ3v) is 1.54. The van der Waals surface area contributed by atoms with E-state index in [1.165, 1.54) is 13.8 Å². The molecule has 0 saturated heterocycles. The summed E-state index contributed by atoms with van der Waals surface area (Å²) in [6, 6.07) is 0. The van der Waals surface area contributed by atoms with Crippen LogP contribution < -0.4 is 0 Å². The molecule has 0 aliphatic heterocycles. The molecule has 4 heteroatoms. The van der Waals surface area contributed by atoms with Crippen LogP contribution in [0.25, 0.3) is 0 Å². The van der Waals surface area contributed by atoms with E-state index < -0.39 is 18.0 Å². The Morgan fingerprint density at radius 1 is 0.857 bits per heavy atom. The van der Waals surface area contributed by atoms with E-state index in [0.29, 0.717) is 0 Å². The zero-order valence-corrected chi connectivity index (χ0v) is 11.9. The van der Waals surface area contributed by atoms with E-state index in [1.807, 2.05) is 0 Å². The fourth-order valence-electron chi connectivity index (χ4n) is 0.865. The summed E-state index contributed by atoms with van der Waals surface area (Å²) in [7, 11) is 0. The molecule has 0 radical (unpaired) electrons. The molecular weight excluding hydrogens is 268 g/mol. The van der Waals surface area contributed by atoms with Gasteiger partial charge >= 0.3 is 11.9 Å². The Morgan fingerprint density at radius 2 is 1.38 bits per heavy atom. The van der Waals surface area contributed by atoms with Gasteiger partial charge in [-0.1, -0.05) is 5.92 Å². The van der Waals surface area contributed by atoms with Crippen LogP contribution in [0, 0.1) is 59.2 Å². The maximum absolute atomic E-state index is 10.8. The largest absolute Gasteiger partial charge is 0.461 e. The molecule has 104 valence electrons. The van der Waals surface area contributed by atoms with Crippen LogP contribution in [0.2, 0.25) is 0 Å². The molecular formula is C17H12O4. The fourth-order valence-corrected chi connectivity index (χ4v) is 0.865. The highest BCUT2D eigenvalue weighted by molar-refractivity contribution is 5.67. The van der Waals surface area contributed by atoms with Crippen LogP contribution in [0.1, 0.15) is 20.8 Å². The monoisotopic (exact) mass is 280 g/mol. The Hall–Kier alpha value is -3.26. The fraction of sp³-hybridized carbons (Fsp3) is 0.294. The zero-order valence-electron chi connectivity index (χ0n) is 11.9. The molecule has 0 N–H and O–H groups in total. The summed E-state index contributed by atoms with van der Waals surface area (Å²) in [4.78, 5) is 21.5. The summed E-state index contributed by atoms with van der Waals surface area (Å²) in [5.41, 5.74) is 0. The molecule has 0 unspecified atom stereocenters. The van der Waals surface area contributed by atoms with Crippen LogP contribution in [0.5, 0.6) is 0 Å². The van der Waals surface area contributed by atoms with E-state index in [2.05, 4.69) is 59.2 Å². The van der Waals surface area contributed by atoms with Crippen molar-refractivity contribution in [2.75, 3.05) is 6.61 Å². The van der Waals surface area contributed by atoms with Crippen molar-refractivity contribution in [2.45, 2.75) is 26.9 Å². The number of carbonyl (C=O) groups is 2. The first-order valence-corrected chi connectivity index (χ1v) is 5.79. The number of rotatable bonds is 3. The van der Waals surface area contributed by atoms with Crippen molar-refractivity contribution in [1.29, 1.82) is 0 Å². The minimum absolute atomic E-state index is 0.142.